The summed E-state index contributed by atoms with van der Waals surface area (Å²) in [5.41, 5.74) is 4.07. The number of amides is 3. The molecule has 1 aromatic heterocycles. The Balaban J connectivity index is 1.78. The lowest BCUT2D eigenvalue weighted by Gasteiger charge is -2.28. The fourth-order valence-corrected chi connectivity index (χ4v) is 4.76. The number of ether oxygens (including phenoxy) is 1. The molecule has 1 heterocycles. The summed E-state index contributed by atoms with van der Waals surface area (Å²) in [6, 6.07) is 19.5. The molecule has 0 atom stereocenters. The van der Waals surface area contributed by atoms with Crippen LogP contribution in [0, 0.1) is 6.92 Å². The number of hydrogen-bond donors (Lipinski definition) is 1. The third-order valence-corrected chi connectivity index (χ3v) is 6.91. The van der Waals surface area contributed by atoms with Crippen molar-refractivity contribution in [3.05, 3.63) is 87.6 Å². The van der Waals surface area contributed by atoms with Gasteiger partial charge in [-0.1, -0.05) is 55.5 Å². The molecule has 0 aliphatic heterocycles. The van der Waals surface area contributed by atoms with E-state index in [1.807, 2.05) is 64.9 Å². The van der Waals surface area contributed by atoms with E-state index in [0.717, 1.165) is 28.1 Å². The largest absolute Gasteiger partial charge is 0.385 e. The highest BCUT2D eigenvalue weighted by Gasteiger charge is 2.23. The zero-order valence-corrected chi connectivity index (χ0v) is 21.6. The van der Waals surface area contributed by atoms with Crippen LogP contribution < -0.4 is 5.32 Å². The summed E-state index contributed by atoms with van der Waals surface area (Å²) in [6.45, 7) is 6.07. The maximum absolute atomic E-state index is 13.6. The smallest absolute Gasteiger partial charge is 0.322 e. The Morgan fingerprint density at radius 2 is 1.71 bits per heavy atom. The van der Waals surface area contributed by atoms with Crippen LogP contribution in [0.3, 0.4) is 0 Å². The number of carbonyl (C=O) groups excluding carboxylic acids is 2. The highest BCUT2D eigenvalue weighted by Crippen LogP contribution is 2.20. The first kappa shape index (κ1) is 26.4. The average molecular weight is 494 g/mol. The van der Waals surface area contributed by atoms with Gasteiger partial charge in [0.15, 0.2) is 0 Å². The molecule has 35 heavy (non-hydrogen) atoms. The van der Waals surface area contributed by atoms with E-state index in [1.54, 1.807) is 23.3 Å². The van der Waals surface area contributed by atoms with Crippen LogP contribution in [0.1, 0.15) is 34.9 Å². The predicted octanol–water partition coefficient (Wildman–Crippen LogP) is 5.72. The Hall–Kier alpha value is -3.16. The van der Waals surface area contributed by atoms with Gasteiger partial charge in [0.25, 0.3) is 0 Å². The zero-order chi connectivity index (χ0) is 25.0. The van der Waals surface area contributed by atoms with Gasteiger partial charge in [0.2, 0.25) is 5.91 Å². The average Bonchev–Trinajstić information content (AvgIpc) is 3.28. The number of carbonyl (C=O) groups is 2. The minimum atomic E-state index is -0.276. The molecule has 2 aromatic carbocycles. The second-order valence-corrected chi connectivity index (χ2v) is 9.47. The van der Waals surface area contributed by atoms with Gasteiger partial charge in [-0.2, -0.15) is 0 Å². The minimum absolute atomic E-state index is 0.00109. The lowest BCUT2D eigenvalue weighted by atomic mass is 10.1. The number of anilines is 1. The number of hydrogen-bond acceptors (Lipinski definition) is 4. The molecule has 0 fully saturated rings. The van der Waals surface area contributed by atoms with E-state index >= 15 is 0 Å². The van der Waals surface area contributed by atoms with E-state index in [4.69, 9.17) is 4.74 Å². The monoisotopic (exact) mass is 493 g/mol. The summed E-state index contributed by atoms with van der Waals surface area (Å²) >= 11 is 1.65. The van der Waals surface area contributed by atoms with Gasteiger partial charge >= 0.3 is 6.03 Å². The number of thiophene rings is 1. The van der Waals surface area contributed by atoms with Crippen molar-refractivity contribution < 1.29 is 14.3 Å². The van der Waals surface area contributed by atoms with E-state index in [9.17, 15) is 9.59 Å². The molecule has 0 radical (unpaired) electrons. The molecule has 0 aliphatic carbocycles. The Morgan fingerprint density at radius 1 is 0.971 bits per heavy atom. The molecule has 0 saturated carbocycles. The highest BCUT2D eigenvalue weighted by molar-refractivity contribution is 7.10. The number of methoxy groups -OCH3 is 1. The van der Waals surface area contributed by atoms with Gasteiger partial charge in [-0.25, -0.2) is 4.79 Å². The van der Waals surface area contributed by atoms with Crippen molar-refractivity contribution in [2.24, 2.45) is 0 Å². The SMILES string of the molecule is CCc1ccccc1NC(=O)N(CCCOC)CC(=O)N(Cc1ccccc1)Cc1sccc1C. The number of urea groups is 1. The first-order chi connectivity index (χ1) is 17.0. The van der Waals surface area contributed by atoms with Crippen molar-refractivity contribution in [3.8, 4) is 0 Å². The fourth-order valence-electron chi connectivity index (χ4n) is 3.84. The Labute approximate surface area is 212 Å². The zero-order valence-electron chi connectivity index (χ0n) is 20.8. The molecule has 1 N–H and O–H groups in total. The molecule has 3 rings (SSSR count). The van der Waals surface area contributed by atoms with Gasteiger partial charge in [0, 0.05) is 37.4 Å². The lowest BCUT2D eigenvalue weighted by molar-refractivity contribution is -0.133. The summed E-state index contributed by atoms with van der Waals surface area (Å²) in [4.78, 5) is 31.4. The summed E-state index contributed by atoms with van der Waals surface area (Å²) in [7, 11) is 1.64. The Morgan fingerprint density at radius 3 is 2.40 bits per heavy atom. The van der Waals surface area contributed by atoms with Crippen molar-refractivity contribution in [1.29, 1.82) is 0 Å². The van der Waals surface area contributed by atoms with Crippen LogP contribution in [0.4, 0.5) is 10.5 Å². The number of para-hydroxylation sites is 1. The molecule has 0 aliphatic rings. The van der Waals surface area contributed by atoms with E-state index < -0.39 is 0 Å². The van der Waals surface area contributed by atoms with Gasteiger partial charge in [-0.05, 0) is 54.0 Å². The van der Waals surface area contributed by atoms with Crippen LogP contribution in [0.25, 0.3) is 0 Å². The molecule has 6 nitrogen and oxygen atoms in total. The first-order valence-corrected chi connectivity index (χ1v) is 12.9. The predicted molar refractivity (Wildman–Crippen MR) is 143 cm³/mol. The second-order valence-electron chi connectivity index (χ2n) is 8.47. The molecule has 3 amide bonds. The van der Waals surface area contributed by atoms with Gasteiger partial charge in [0.1, 0.15) is 6.54 Å². The number of rotatable bonds is 12. The summed E-state index contributed by atoms with van der Waals surface area (Å²) in [5.74, 6) is -0.0852. The van der Waals surface area contributed by atoms with E-state index in [2.05, 4.69) is 25.2 Å². The first-order valence-electron chi connectivity index (χ1n) is 12.0. The maximum atomic E-state index is 13.6. The van der Waals surface area contributed by atoms with Crippen LogP contribution in [-0.2, 0) is 29.0 Å². The number of aryl methyl sites for hydroxylation is 2. The van der Waals surface area contributed by atoms with Crippen LogP contribution in [0.2, 0.25) is 0 Å². The third kappa shape index (κ3) is 7.94. The number of nitrogens with zero attached hydrogens (tertiary/aromatic N) is 2. The quantitative estimate of drug-likeness (QED) is 0.328. The Kier molecular flexibility index (Phi) is 10.3. The molecule has 0 bridgehead atoms. The topological polar surface area (TPSA) is 61.9 Å². The van der Waals surface area contributed by atoms with Crippen LogP contribution >= 0.6 is 11.3 Å². The summed E-state index contributed by atoms with van der Waals surface area (Å²) in [5, 5.41) is 5.06. The van der Waals surface area contributed by atoms with E-state index in [-0.39, 0.29) is 18.5 Å². The fraction of sp³-hybridized carbons (Fsp3) is 0.357. The third-order valence-electron chi connectivity index (χ3n) is 5.90. The van der Waals surface area contributed by atoms with Gasteiger partial charge in [-0.3, -0.25) is 4.79 Å². The van der Waals surface area contributed by atoms with Crippen LogP contribution in [0.15, 0.2) is 66.0 Å². The van der Waals surface area contributed by atoms with Crippen LogP contribution in [-0.4, -0.2) is 48.5 Å². The minimum Gasteiger partial charge on any atom is -0.385 e. The van der Waals surface area contributed by atoms with E-state index in [0.29, 0.717) is 32.7 Å². The second kappa shape index (κ2) is 13.7. The van der Waals surface area contributed by atoms with Gasteiger partial charge in [-0.15, -0.1) is 11.3 Å². The normalized spacial score (nSPS) is 10.7. The van der Waals surface area contributed by atoms with Crippen molar-refractivity contribution in [3.63, 3.8) is 0 Å². The molecule has 0 saturated heterocycles. The molecule has 3 aromatic rings. The number of nitrogens with one attached hydrogen (secondary N) is 1. The van der Waals surface area contributed by atoms with E-state index in [1.165, 1.54) is 5.56 Å². The van der Waals surface area contributed by atoms with Crippen molar-refractivity contribution in [2.45, 2.75) is 39.8 Å². The van der Waals surface area contributed by atoms with Gasteiger partial charge < -0.3 is 19.9 Å². The summed E-state index contributed by atoms with van der Waals surface area (Å²) < 4.78 is 5.19. The number of benzene rings is 2. The van der Waals surface area contributed by atoms with Crippen molar-refractivity contribution in [2.75, 3.05) is 32.1 Å². The standard InChI is InChI=1S/C28H35N3O3S/c1-4-24-13-8-9-14-25(24)29-28(33)30(16-10-17-34-3)21-27(32)31(19-23-11-6-5-7-12-23)20-26-22(2)15-18-35-26/h5-9,11-15,18H,4,10,16-17,19-21H2,1-3H3,(H,29,33). The van der Waals surface area contributed by atoms with Crippen molar-refractivity contribution in [1.82, 2.24) is 9.80 Å². The van der Waals surface area contributed by atoms with Crippen molar-refractivity contribution >= 4 is 29.0 Å². The van der Waals surface area contributed by atoms with Gasteiger partial charge in [0.05, 0.1) is 6.54 Å². The molecule has 186 valence electrons. The highest BCUT2D eigenvalue weighted by atomic mass is 32.1. The molecule has 0 spiro atoms. The molecule has 7 heteroatoms. The lowest BCUT2D eigenvalue weighted by Crippen LogP contribution is -2.44. The molecular formula is C28H35N3O3S. The summed E-state index contributed by atoms with van der Waals surface area (Å²) in [6.07, 6.45) is 1.46. The molecule has 0 unspecified atom stereocenters. The maximum Gasteiger partial charge on any atom is 0.322 e. The Bertz CT molecular complexity index is 1080. The van der Waals surface area contributed by atoms with Crippen LogP contribution in [0.5, 0.6) is 0 Å². The molecular weight excluding hydrogens is 458 g/mol.